The first kappa shape index (κ1) is 23.1. The average molecular weight is 513 g/mol. The van der Waals surface area contributed by atoms with Crippen molar-refractivity contribution in [3.05, 3.63) is 22.6 Å². The van der Waals surface area contributed by atoms with Gasteiger partial charge in [0.15, 0.2) is 11.4 Å². The molecule has 2 spiro atoms. The van der Waals surface area contributed by atoms with Gasteiger partial charge in [0.1, 0.15) is 5.15 Å². The van der Waals surface area contributed by atoms with Crippen LogP contribution in [0.1, 0.15) is 75.6 Å². The van der Waals surface area contributed by atoms with Crippen LogP contribution in [0.3, 0.4) is 0 Å². The molecule has 7 rings (SSSR count). The van der Waals surface area contributed by atoms with Gasteiger partial charge in [0.25, 0.3) is 0 Å². The van der Waals surface area contributed by atoms with Crippen LogP contribution in [-0.2, 0) is 21.3 Å². The number of nitrogens with zero attached hydrogens (tertiary/aromatic N) is 6. The summed E-state index contributed by atoms with van der Waals surface area (Å²) >= 11 is 6.69. The van der Waals surface area contributed by atoms with Crippen molar-refractivity contribution in [2.75, 3.05) is 26.8 Å². The molecule has 0 bridgehead atoms. The van der Waals surface area contributed by atoms with Gasteiger partial charge >= 0.3 is 0 Å². The van der Waals surface area contributed by atoms with E-state index in [9.17, 15) is 0 Å². The molecule has 0 unspecified atom stereocenters. The Bertz CT molecular complexity index is 1300. The standard InChI is InChI=1S/C26H33ClN6O3/c1-16(19-8-6-12-32(19)2)33-24-18(15-28-33)22(27)29-23(30-24)20-17-7-5-10-25(21(17)31-36-20)9-3-4-11-26(25)34-13-14-35-26/h15-16,19H,3-14H2,1-2H3/t16-,19-,25-/m0/s1. The van der Waals surface area contributed by atoms with Gasteiger partial charge in [-0.25, -0.2) is 14.6 Å². The van der Waals surface area contributed by atoms with E-state index in [4.69, 9.17) is 30.6 Å². The summed E-state index contributed by atoms with van der Waals surface area (Å²) in [4.78, 5) is 12.0. The third-order valence-electron chi connectivity index (χ3n) is 9.24. The highest BCUT2D eigenvalue weighted by molar-refractivity contribution is 6.34. The summed E-state index contributed by atoms with van der Waals surface area (Å²) in [5.74, 6) is 0.494. The highest BCUT2D eigenvalue weighted by Gasteiger charge is 2.61. The second kappa shape index (κ2) is 8.48. The molecule has 3 atom stereocenters. The molecular formula is C26H33ClN6O3. The van der Waals surface area contributed by atoms with Gasteiger partial charge in [-0.3, -0.25) is 0 Å². The van der Waals surface area contributed by atoms with Gasteiger partial charge in [-0.05, 0) is 65.5 Å². The highest BCUT2D eigenvalue weighted by atomic mass is 35.5. The molecule has 192 valence electrons. The minimum atomic E-state index is -0.599. The Morgan fingerprint density at radius 3 is 2.69 bits per heavy atom. The summed E-state index contributed by atoms with van der Waals surface area (Å²) < 4.78 is 20.7. The lowest BCUT2D eigenvalue weighted by Gasteiger charge is -2.50. The van der Waals surface area contributed by atoms with Crippen molar-refractivity contribution in [3.63, 3.8) is 0 Å². The van der Waals surface area contributed by atoms with E-state index in [1.807, 2.05) is 4.68 Å². The van der Waals surface area contributed by atoms with Crippen LogP contribution in [0.2, 0.25) is 5.15 Å². The Balaban J connectivity index is 1.32. The van der Waals surface area contributed by atoms with Gasteiger partial charge < -0.3 is 18.9 Å². The van der Waals surface area contributed by atoms with E-state index in [0.29, 0.717) is 36.0 Å². The fourth-order valence-electron chi connectivity index (χ4n) is 7.48. The van der Waals surface area contributed by atoms with Crippen molar-refractivity contribution in [3.8, 4) is 11.6 Å². The Kier molecular flexibility index (Phi) is 5.43. The summed E-state index contributed by atoms with van der Waals surface area (Å²) in [5.41, 5.74) is 2.50. The molecule has 2 aliphatic carbocycles. The normalized spacial score (nSPS) is 28.9. The molecule has 4 aliphatic rings. The molecular weight excluding hydrogens is 480 g/mol. The Hall–Kier alpha value is -2.07. The molecule has 0 N–H and O–H groups in total. The minimum Gasteiger partial charge on any atom is -0.352 e. The molecule has 5 heterocycles. The fourth-order valence-corrected chi connectivity index (χ4v) is 7.69. The number of likely N-dealkylation sites (tertiary alicyclic amines) is 1. The number of hydrogen-bond acceptors (Lipinski definition) is 8. The van der Waals surface area contributed by atoms with Crippen molar-refractivity contribution in [1.82, 2.24) is 29.8 Å². The van der Waals surface area contributed by atoms with E-state index in [1.54, 1.807) is 6.20 Å². The quantitative estimate of drug-likeness (QED) is 0.467. The summed E-state index contributed by atoms with van der Waals surface area (Å²) in [6.45, 7) is 4.58. The molecule has 0 amide bonds. The van der Waals surface area contributed by atoms with Crippen LogP contribution < -0.4 is 0 Å². The molecule has 9 nitrogen and oxygen atoms in total. The molecule has 2 aliphatic heterocycles. The maximum Gasteiger partial charge on any atom is 0.207 e. The van der Waals surface area contributed by atoms with Crippen molar-refractivity contribution in [2.45, 2.75) is 88.0 Å². The molecule has 10 heteroatoms. The second-order valence-electron chi connectivity index (χ2n) is 11.0. The lowest BCUT2D eigenvalue weighted by atomic mass is 9.61. The number of rotatable bonds is 3. The second-order valence-corrected chi connectivity index (χ2v) is 11.4. The van der Waals surface area contributed by atoms with Gasteiger partial charge in [0.05, 0.1) is 41.9 Å². The van der Waals surface area contributed by atoms with Crippen molar-refractivity contribution >= 4 is 22.6 Å². The lowest BCUT2D eigenvalue weighted by molar-refractivity contribution is -0.231. The smallest absolute Gasteiger partial charge is 0.207 e. The highest BCUT2D eigenvalue weighted by Crippen LogP contribution is 2.56. The van der Waals surface area contributed by atoms with Gasteiger partial charge in [-0.1, -0.05) is 23.2 Å². The number of fused-ring (bicyclic) bond motifs is 4. The molecule has 3 fully saturated rings. The van der Waals surface area contributed by atoms with E-state index < -0.39 is 5.79 Å². The summed E-state index contributed by atoms with van der Waals surface area (Å²) in [6, 6.07) is 0.580. The number of likely N-dealkylation sites (N-methyl/N-ethyl adjacent to an activating group) is 1. The van der Waals surface area contributed by atoms with Crippen LogP contribution in [0.4, 0.5) is 0 Å². The van der Waals surface area contributed by atoms with E-state index in [0.717, 1.165) is 80.2 Å². The zero-order valence-electron chi connectivity index (χ0n) is 21.0. The predicted octanol–water partition coefficient (Wildman–Crippen LogP) is 4.68. The first-order valence-electron chi connectivity index (χ1n) is 13.4. The van der Waals surface area contributed by atoms with Crippen LogP contribution in [0, 0.1) is 0 Å². The van der Waals surface area contributed by atoms with Crippen LogP contribution in [0.15, 0.2) is 10.7 Å². The molecule has 0 aromatic carbocycles. The molecule has 36 heavy (non-hydrogen) atoms. The van der Waals surface area contributed by atoms with Gasteiger partial charge in [-0.2, -0.15) is 5.10 Å². The zero-order chi connectivity index (χ0) is 24.5. The van der Waals surface area contributed by atoms with Crippen LogP contribution in [-0.4, -0.2) is 68.4 Å². The van der Waals surface area contributed by atoms with Crippen molar-refractivity contribution in [1.29, 1.82) is 0 Å². The summed E-state index contributed by atoms with van der Waals surface area (Å²) in [6.07, 6.45) is 11.1. The topological polar surface area (TPSA) is 91.3 Å². The molecule has 0 radical (unpaired) electrons. The minimum absolute atomic E-state index is 0.166. The number of halogens is 1. The monoisotopic (exact) mass is 512 g/mol. The maximum absolute atomic E-state index is 6.69. The molecule has 3 aromatic heterocycles. The number of ether oxygens (including phenoxy) is 2. The van der Waals surface area contributed by atoms with Gasteiger partial charge in [0, 0.05) is 18.0 Å². The van der Waals surface area contributed by atoms with E-state index >= 15 is 0 Å². The van der Waals surface area contributed by atoms with E-state index in [1.165, 1.54) is 6.42 Å². The van der Waals surface area contributed by atoms with Crippen LogP contribution in [0.5, 0.6) is 0 Å². The van der Waals surface area contributed by atoms with Crippen LogP contribution >= 0.6 is 11.6 Å². The summed E-state index contributed by atoms with van der Waals surface area (Å²) in [5, 5.41) is 10.5. The van der Waals surface area contributed by atoms with Crippen molar-refractivity contribution < 1.29 is 14.0 Å². The van der Waals surface area contributed by atoms with Gasteiger partial charge in [-0.15, -0.1) is 0 Å². The SMILES string of the molecule is C[C@@H]([C@@H]1CCCN1C)n1ncc2c(Cl)nc(-c3onc4c3CCC[C@@]43CCCCC34OCCO4)nc21. The van der Waals surface area contributed by atoms with E-state index in [2.05, 4.69) is 34.1 Å². The third-order valence-corrected chi connectivity index (χ3v) is 9.53. The number of hydrogen-bond donors (Lipinski definition) is 0. The largest absolute Gasteiger partial charge is 0.352 e. The maximum atomic E-state index is 6.69. The Labute approximate surface area is 215 Å². The van der Waals surface area contributed by atoms with E-state index in [-0.39, 0.29) is 11.5 Å². The molecule has 2 saturated heterocycles. The Morgan fingerprint density at radius 1 is 1.08 bits per heavy atom. The van der Waals surface area contributed by atoms with Gasteiger partial charge in [0.2, 0.25) is 11.6 Å². The first-order chi connectivity index (χ1) is 17.5. The lowest BCUT2D eigenvalue weighted by Crippen LogP contribution is -2.56. The third kappa shape index (κ3) is 3.19. The summed E-state index contributed by atoms with van der Waals surface area (Å²) in [7, 11) is 2.18. The zero-order valence-corrected chi connectivity index (χ0v) is 21.8. The average Bonchev–Trinajstić information content (AvgIpc) is 3.67. The Morgan fingerprint density at radius 2 is 1.89 bits per heavy atom. The fraction of sp³-hybridized carbons (Fsp3) is 0.692. The molecule has 1 saturated carbocycles. The van der Waals surface area contributed by atoms with Crippen molar-refractivity contribution in [2.24, 2.45) is 0 Å². The first-order valence-corrected chi connectivity index (χ1v) is 13.8. The number of aromatic nitrogens is 5. The van der Waals surface area contributed by atoms with Crippen LogP contribution in [0.25, 0.3) is 22.6 Å². The predicted molar refractivity (Wildman–Crippen MR) is 134 cm³/mol. The molecule has 3 aromatic rings.